The molecule has 0 bridgehead atoms. The molecular weight excluding hydrogens is 166 g/mol. The number of nitrogens with one attached hydrogen (secondary N) is 1. The molecule has 13 heavy (non-hydrogen) atoms. The smallest absolute Gasteiger partial charge is 0.246 e. The quantitative estimate of drug-likeness (QED) is 0.641. The van der Waals surface area contributed by atoms with E-state index in [1.165, 1.54) is 0 Å². The number of amides is 1. The Bertz CT molecular complexity index is 217. The van der Waals surface area contributed by atoms with Crippen LogP contribution in [0.1, 0.15) is 33.1 Å². The molecule has 1 aliphatic rings. The number of carbonyl (C=O) groups is 1. The van der Waals surface area contributed by atoms with Crippen LogP contribution in [0.2, 0.25) is 0 Å². The molecular formula is C10H17NO2. The van der Waals surface area contributed by atoms with Gasteiger partial charge in [-0.15, -0.1) is 0 Å². The lowest BCUT2D eigenvalue weighted by atomic mass is 9.89. The van der Waals surface area contributed by atoms with Gasteiger partial charge in [-0.3, -0.25) is 4.79 Å². The molecule has 3 nitrogen and oxygen atoms in total. The second-order valence-corrected chi connectivity index (χ2v) is 3.59. The molecule has 3 heteroatoms. The van der Waals surface area contributed by atoms with E-state index in [1.807, 2.05) is 19.9 Å². The zero-order valence-corrected chi connectivity index (χ0v) is 8.21. The second-order valence-electron chi connectivity index (χ2n) is 3.59. The number of hydrogen-bond acceptors (Lipinski definition) is 2. The van der Waals surface area contributed by atoms with Crippen LogP contribution in [-0.4, -0.2) is 23.2 Å². The van der Waals surface area contributed by atoms with Gasteiger partial charge in [-0.1, -0.05) is 13.0 Å². The topological polar surface area (TPSA) is 49.3 Å². The summed E-state index contributed by atoms with van der Waals surface area (Å²) in [6, 6.07) is 0.183. The third-order valence-corrected chi connectivity index (χ3v) is 2.32. The van der Waals surface area contributed by atoms with Crippen LogP contribution in [0.4, 0.5) is 0 Å². The first-order chi connectivity index (χ1) is 6.13. The number of allylic oxidation sites excluding steroid dienone is 1. The molecule has 0 aromatic carbocycles. The molecule has 0 aromatic heterocycles. The Morgan fingerprint density at radius 3 is 2.69 bits per heavy atom. The van der Waals surface area contributed by atoms with E-state index in [-0.39, 0.29) is 18.1 Å². The lowest BCUT2D eigenvalue weighted by Crippen LogP contribution is -2.46. The van der Waals surface area contributed by atoms with Crippen LogP contribution in [0, 0.1) is 0 Å². The summed E-state index contributed by atoms with van der Waals surface area (Å²) in [7, 11) is 0. The van der Waals surface area contributed by atoms with Gasteiger partial charge >= 0.3 is 0 Å². The Hall–Kier alpha value is -0.830. The maximum atomic E-state index is 11.4. The Morgan fingerprint density at radius 2 is 2.23 bits per heavy atom. The van der Waals surface area contributed by atoms with Gasteiger partial charge in [0.2, 0.25) is 5.91 Å². The highest BCUT2D eigenvalue weighted by molar-refractivity contribution is 5.92. The standard InChI is InChI=1S/C10H17NO2/c1-3-4-7(2)10(13)11-8-5-9(12)6-8/h4,8-9,12H,3,5-6H2,1-2H3,(H,11,13)/b7-4-. The fourth-order valence-corrected chi connectivity index (χ4v) is 1.40. The molecule has 1 saturated carbocycles. The molecule has 2 N–H and O–H groups in total. The molecule has 0 saturated heterocycles. The summed E-state index contributed by atoms with van der Waals surface area (Å²) in [5.41, 5.74) is 0.767. The molecule has 0 radical (unpaired) electrons. The third kappa shape index (κ3) is 2.84. The Labute approximate surface area is 78.8 Å². The lowest BCUT2D eigenvalue weighted by molar-refractivity contribution is -0.119. The van der Waals surface area contributed by atoms with E-state index in [9.17, 15) is 4.79 Å². The summed E-state index contributed by atoms with van der Waals surface area (Å²) in [6.45, 7) is 3.82. The van der Waals surface area contributed by atoms with Gasteiger partial charge in [-0.2, -0.15) is 0 Å². The molecule has 1 fully saturated rings. The SMILES string of the molecule is CC/C=C(/C)C(=O)NC1CC(O)C1. The van der Waals surface area contributed by atoms with Crippen molar-refractivity contribution in [3.05, 3.63) is 11.6 Å². The first kappa shape index (κ1) is 10.3. The van der Waals surface area contributed by atoms with Crippen molar-refractivity contribution in [1.29, 1.82) is 0 Å². The first-order valence-corrected chi connectivity index (χ1v) is 4.79. The first-order valence-electron chi connectivity index (χ1n) is 4.79. The third-order valence-electron chi connectivity index (χ3n) is 2.32. The highest BCUT2D eigenvalue weighted by Crippen LogP contribution is 2.19. The van der Waals surface area contributed by atoms with Crippen molar-refractivity contribution in [3.63, 3.8) is 0 Å². The van der Waals surface area contributed by atoms with E-state index in [0.29, 0.717) is 12.8 Å². The highest BCUT2D eigenvalue weighted by Gasteiger charge is 2.28. The van der Waals surface area contributed by atoms with Crippen LogP contribution in [0.15, 0.2) is 11.6 Å². The van der Waals surface area contributed by atoms with E-state index < -0.39 is 0 Å². The zero-order valence-electron chi connectivity index (χ0n) is 8.21. The summed E-state index contributed by atoms with van der Waals surface area (Å²) in [5, 5.41) is 11.9. The predicted molar refractivity (Wildman–Crippen MR) is 51.2 cm³/mol. The Kier molecular flexibility index (Phi) is 3.48. The fourth-order valence-electron chi connectivity index (χ4n) is 1.40. The van der Waals surface area contributed by atoms with E-state index in [1.54, 1.807) is 0 Å². The number of aliphatic hydroxyl groups is 1. The summed E-state index contributed by atoms with van der Waals surface area (Å²) in [6.07, 6.45) is 3.98. The lowest BCUT2D eigenvalue weighted by Gasteiger charge is -2.32. The van der Waals surface area contributed by atoms with Crippen LogP contribution in [0.25, 0.3) is 0 Å². The minimum atomic E-state index is -0.208. The van der Waals surface area contributed by atoms with Crippen molar-refractivity contribution in [2.45, 2.75) is 45.3 Å². The second kappa shape index (κ2) is 4.42. The van der Waals surface area contributed by atoms with Crippen molar-refractivity contribution in [3.8, 4) is 0 Å². The molecule has 1 aliphatic carbocycles. The van der Waals surface area contributed by atoms with Gasteiger partial charge in [0.05, 0.1) is 6.10 Å². The van der Waals surface area contributed by atoms with Gasteiger partial charge in [0, 0.05) is 11.6 Å². The largest absolute Gasteiger partial charge is 0.393 e. The molecule has 0 heterocycles. The average Bonchev–Trinajstić information content (AvgIpc) is 2.02. The van der Waals surface area contributed by atoms with E-state index in [2.05, 4.69) is 5.32 Å². The summed E-state index contributed by atoms with van der Waals surface area (Å²) >= 11 is 0. The number of carbonyl (C=O) groups excluding carboxylic acids is 1. The predicted octanol–water partition coefficient (Wildman–Crippen LogP) is 0.982. The monoisotopic (exact) mass is 183 g/mol. The van der Waals surface area contributed by atoms with Gasteiger partial charge in [0.25, 0.3) is 0 Å². The maximum absolute atomic E-state index is 11.4. The van der Waals surface area contributed by atoms with Crippen molar-refractivity contribution < 1.29 is 9.90 Å². The molecule has 74 valence electrons. The zero-order chi connectivity index (χ0) is 9.84. The van der Waals surface area contributed by atoms with E-state index >= 15 is 0 Å². The number of aliphatic hydroxyl groups excluding tert-OH is 1. The Morgan fingerprint density at radius 1 is 1.62 bits per heavy atom. The van der Waals surface area contributed by atoms with Gasteiger partial charge < -0.3 is 10.4 Å². The minimum Gasteiger partial charge on any atom is -0.393 e. The van der Waals surface area contributed by atoms with E-state index in [4.69, 9.17) is 5.11 Å². The van der Waals surface area contributed by atoms with Gasteiger partial charge in [-0.25, -0.2) is 0 Å². The van der Waals surface area contributed by atoms with E-state index in [0.717, 1.165) is 12.0 Å². The van der Waals surface area contributed by atoms with Crippen LogP contribution in [0.3, 0.4) is 0 Å². The molecule has 0 atom stereocenters. The van der Waals surface area contributed by atoms with Crippen LogP contribution in [-0.2, 0) is 4.79 Å². The average molecular weight is 183 g/mol. The minimum absolute atomic E-state index is 0.00116. The van der Waals surface area contributed by atoms with Crippen LogP contribution >= 0.6 is 0 Å². The van der Waals surface area contributed by atoms with Crippen molar-refractivity contribution >= 4 is 5.91 Å². The van der Waals surface area contributed by atoms with Crippen LogP contribution < -0.4 is 5.32 Å². The molecule has 0 aliphatic heterocycles. The van der Waals surface area contributed by atoms with Gasteiger partial charge in [-0.05, 0) is 26.2 Å². The summed E-state index contributed by atoms with van der Waals surface area (Å²) < 4.78 is 0. The number of rotatable bonds is 3. The number of hydrogen-bond donors (Lipinski definition) is 2. The van der Waals surface area contributed by atoms with Crippen molar-refractivity contribution in [2.24, 2.45) is 0 Å². The maximum Gasteiger partial charge on any atom is 0.246 e. The van der Waals surface area contributed by atoms with Crippen molar-refractivity contribution in [2.75, 3.05) is 0 Å². The highest BCUT2D eigenvalue weighted by atomic mass is 16.3. The summed E-state index contributed by atoms with van der Waals surface area (Å²) in [4.78, 5) is 11.4. The van der Waals surface area contributed by atoms with Crippen LogP contribution in [0.5, 0.6) is 0 Å². The Balaban J connectivity index is 2.29. The normalized spacial score (nSPS) is 28.1. The fraction of sp³-hybridized carbons (Fsp3) is 0.700. The molecule has 0 spiro atoms. The summed E-state index contributed by atoms with van der Waals surface area (Å²) in [5.74, 6) is -0.00116. The van der Waals surface area contributed by atoms with Gasteiger partial charge in [0.15, 0.2) is 0 Å². The molecule has 1 amide bonds. The molecule has 0 unspecified atom stereocenters. The molecule has 0 aromatic rings. The van der Waals surface area contributed by atoms with Crippen molar-refractivity contribution in [1.82, 2.24) is 5.32 Å². The molecule has 1 rings (SSSR count). The van der Waals surface area contributed by atoms with Gasteiger partial charge in [0.1, 0.15) is 0 Å².